The van der Waals surface area contributed by atoms with Crippen molar-refractivity contribution in [3.05, 3.63) is 58.0 Å². The normalized spacial score (nSPS) is 16.1. The first-order valence-electron chi connectivity index (χ1n) is 10.00. The van der Waals surface area contributed by atoms with Crippen LogP contribution < -0.4 is 19.5 Å². The first-order chi connectivity index (χ1) is 15.4. The topological polar surface area (TPSA) is 94.2 Å². The molecule has 0 bridgehead atoms. The van der Waals surface area contributed by atoms with Crippen molar-refractivity contribution in [2.75, 3.05) is 27.0 Å². The van der Waals surface area contributed by atoms with Gasteiger partial charge in [-0.25, -0.2) is 0 Å². The maximum absolute atomic E-state index is 12.7. The van der Waals surface area contributed by atoms with Gasteiger partial charge >= 0.3 is 0 Å². The number of methoxy groups -OCH3 is 1. The SMILES string of the molecule is COc1ccc(C)cc1CC(=O)NCCN1C(=O)S/C(=C\c2ccc3c(c2)OCO3)C1=O. The molecule has 2 aliphatic heterocycles. The molecule has 8 nitrogen and oxygen atoms in total. The Morgan fingerprint density at radius 1 is 1.19 bits per heavy atom. The highest BCUT2D eigenvalue weighted by Crippen LogP contribution is 2.36. The van der Waals surface area contributed by atoms with Crippen LogP contribution in [0.15, 0.2) is 41.3 Å². The number of rotatable bonds is 7. The van der Waals surface area contributed by atoms with Crippen molar-refractivity contribution in [1.82, 2.24) is 10.2 Å². The average molecular weight is 455 g/mol. The number of carbonyl (C=O) groups excluding carboxylic acids is 3. The third-order valence-electron chi connectivity index (χ3n) is 5.01. The van der Waals surface area contributed by atoms with E-state index in [2.05, 4.69) is 5.32 Å². The van der Waals surface area contributed by atoms with Crippen LogP contribution in [0.2, 0.25) is 0 Å². The smallest absolute Gasteiger partial charge is 0.293 e. The van der Waals surface area contributed by atoms with Crippen LogP contribution in [-0.2, 0) is 16.0 Å². The van der Waals surface area contributed by atoms with Crippen LogP contribution in [0.5, 0.6) is 17.2 Å². The number of amides is 3. The van der Waals surface area contributed by atoms with Gasteiger partial charge in [0.2, 0.25) is 12.7 Å². The fraction of sp³-hybridized carbons (Fsp3) is 0.261. The lowest BCUT2D eigenvalue weighted by Gasteiger charge is -2.14. The summed E-state index contributed by atoms with van der Waals surface area (Å²) >= 11 is 0.875. The lowest BCUT2D eigenvalue weighted by atomic mass is 10.1. The summed E-state index contributed by atoms with van der Waals surface area (Å²) in [5.41, 5.74) is 2.55. The second-order valence-corrected chi connectivity index (χ2v) is 8.28. The molecule has 0 saturated carbocycles. The number of nitrogens with one attached hydrogen (secondary N) is 1. The molecule has 0 aromatic heterocycles. The standard InChI is InChI=1S/C23H22N2O6S/c1-14-3-5-17(29-2)16(9-14)12-21(26)24-7-8-25-22(27)20(32-23(25)28)11-15-4-6-18-19(10-15)31-13-30-18/h3-6,9-11H,7-8,12-13H2,1-2H3,(H,24,26)/b20-11-. The van der Waals surface area contributed by atoms with Gasteiger partial charge in [0.05, 0.1) is 18.4 Å². The number of nitrogens with zero attached hydrogens (tertiary/aromatic N) is 1. The predicted octanol–water partition coefficient (Wildman–Crippen LogP) is 3.13. The molecule has 1 fully saturated rings. The summed E-state index contributed by atoms with van der Waals surface area (Å²) in [6, 6.07) is 11.0. The van der Waals surface area contributed by atoms with Gasteiger partial charge in [-0.15, -0.1) is 0 Å². The Balaban J connectivity index is 1.33. The maximum Gasteiger partial charge on any atom is 0.293 e. The number of hydrogen-bond acceptors (Lipinski definition) is 7. The van der Waals surface area contributed by atoms with Gasteiger partial charge in [-0.05, 0) is 48.5 Å². The molecule has 0 atom stereocenters. The third kappa shape index (κ3) is 4.72. The molecule has 0 aliphatic carbocycles. The van der Waals surface area contributed by atoms with E-state index < -0.39 is 0 Å². The molecule has 166 valence electrons. The Morgan fingerprint density at radius 2 is 2.00 bits per heavy atom. The van der Waals surface area contributed by atoms with Crippen LogP contribution in [-0.4, -0.2) is 48.9 Å². The van der Waals surface area contributed by atoms with Crippen LogP contribution in [0.1, 0.15) is 16.7 Å². The molecule has 1 N–H and O–H groups in total. The number of fused-ring (bicyclic) bond motifs is 1. The fourth-order valence-corrected chi connectivity index (χ4v) is 4.30. The largest absolute Gasteiger partial charge is 0.496 e. The highest BCUT2D eigenvalue weighted by atomic mass is 32.2. The Hall–Kier alpha value is -3.46. The van der Waals surface area contributed by atoms with Crippen LogP contribution in [0, 0.1) is 6.92 Å². The van der Waals surface area contributed by atoms with Gasteiger partial charge in [0, 0.05) is 18.7 Å². The molecule has 0 radical (unpaired) electrons. The van der Waals surface area contributed by atoms with Gasteiger partial charge in [-0.2, -0.15) is 0 Å². The van der Waals surface area contributed by atoms with E-state index in [1.165, 1.54) is 0 Å². The van der Waals surface area contributed by atoms with Crippen molar-refractivity contribution in [3.8, 4) is 17.2 Å². The minimum Gasteiger partial charge on any atom is -0.496 e. The van der Waals surface area contributed by atoms with E-state index in [9.17, 15) is 14.4 Å². The molecule has 2 aromatic rings. The van der Waals surface area contributed by atoms with Crippen molar-refractivity contribution in [3.63, 3.8) is 0 Å². The number of carbonyl (C=O) groups is 3. The first kappa shape index (κ1) is 21.8. The van der Waals surface area contributed by atoms with E-state index in [1.54, 1.807) is 31.4 Å². The molecule has 32 heavy (non-hydrogen) atoms. The lowest BCUT2D eigenvalue weighted by Crippen LogP contribution is -2.37. The molecule has 2 heterocycles. The third-order valence-corrected chi connectivity index (χ3v) is 5.92. The van der Waals surface area contributed by atoms with E-state index in [1.807, 2.05) is 25.1 Å². The lowest BCUT2D eigenvalue weighted by molar-refractivity contribution is -0.124. The number of imide groups is 1. The van der Waals surface area contributed by atoms with Crippen molar-refractivity contribution in [2.45, 2.75) is 13.3 Å². The summed E-state index contributed by atoms with van der Waals surface area (Å²) in [6.07, 6.45) is 1.80. The quantitative estimate of drug-likeness (QED) is 0.643. The van der Waals surface area contributed by atoms with Gasteiger partial charge in [-0.3, -0.25) is 19.3 Å². The van der Waals surface area contributed by atoms with Crippen molar-refractivity contribution >= 4 is 34.9 Å². The Kier molecular flexibility index (Phi) is 6.36. The zero-order chi connectivity index (χ0) is 22.7. The van der Waals surface area contributed by atoms with Gasteiger partial charge in [0.15, 0.2) is 11.5 Å². The summed E-state index contributed by atoms with van der Waals surface area (Å²) < 4.78 is 15.9. The van der Waals surface area contributed by atoms with Gasteiger partial charge in [-0.1, -0.05) is 23.8 Å². The van der Waals surface area contributed by atoms with E-state index in [-0.39, 0.29) is 43.4 Å². The van der Waals surface area contributed by atoms with E-state index in [0.29, 0.717) is 22.2 Å². The Labute approximate surface area is 189 Å². The second kappa shape index (κ2) is 9.35. The Bertz CT molecular complexity index is 1110. The van der Waals surface area contributed by atoms with Crippen molar-refractivity contribution in [2.24, 2.45) is 0 Å². The number of benzene rings is 2. The molecule has 2 aromatic carbocycles. The van der Waals surface area contributed by atoms with Gasteiger partial charge in [0.1, 0.15) is 5.75 Å². The molecule has 0 spiro atoms. The fourth-order valence-electron chi connectivity index (χ4n) is 3.44. The summed E-state index contributed by atoms with van der Waals surface area (Å²) in [5.74, 6) is 1.30. The summed E-state index contributed by atoms with van der Waals surface area (Å²) in [5, 5.41) is 2.40. The highest BCUT2D eigenvalue weighted by Gasteiger charge is 2.34. The molecule has 9 heteroatoms. The zero-order valence-corrected chi connectivity index (χ0v) is 18.5. The molecular weight excluding hydrogens is 432 g/mol. The van der Waals surface area contributed by atoms with Crippen molar-refractivity contribution in [1.29, 1.82) is 0 Å². The van der Waals surface area contributed by atoms with E-state index in [4.69, 9.17) is 14.2 Å². The van der Waals surface area contributed by atoms with Crippen molar-refractivity contribution < 1.29 is 28.6 Å². The first-order valence-corrected chi connectivity index (χ1v) is 10.8. The van der Waals surface area contributed by atoms with Gasteiger partial charge < -0.3 is 19.5 Å². The van der Waals surface area contributed by atoms with Crippen LogP contribution in [0.4, 0.5) is 4.79 Å². The minimum atomic E-state index is -0.382. The van der Waals surface area contributed by atoms with E-state index >= 15 is 0 Å². The average Bonchev–Trinajstić information content (AvgIpc) is 3.33. The predicted molar refractivity (Wildman–Crippen MR) is 120 cm³/mol. The monoisotopic (exact) mass is 454 g/mol. The second-order valence-electron chi connectivity index (χ2n) is 7.29. The number of ether oxygens (including phenoxy) is 3. The molecule has 3 amide bonds. The number of thioether (sulfide) groups is 1. The summed E-state index contributed by atoms with van der Waals surface area (Å²) in [4.78, 5) is 38.8. The zero-order valence-electron chi connectivity index (χ0n) is 17.7. The minimum absolute atomic E-state index is 0.0971. The molecule has 4 rings (SSSR count). The number of hydrogen-bond donors (Lipinski definition) is 1. The molecule has 0 unspecified atom stereocenters. The summed E-state index contributed by atoms with van der Waals surface area (Å²) in [7, 11) is 1.56. The molecule has 1 saturated heterocycles. The van der Waals surface area contributed by atoms with Crippen LogP contribution in [0.25, 0.3) is 6.08 Å². The van der Waals surface area contributed by atoms with Crippen LogP contribution in [0.3, 0.4) is 0 Å². The number of aryl methyl sites for hydroxylation is 1. The summed E-state index contributed by atoms with van der Waals surface area (Å²) in [6.45, 7) is 2.37. The Morgan fingerprint density at radius 3 is 2.81 bits per heavy atom. The maximum atomic E-state index is 12.7. The molecule has 2 aliphatic rings. The van der Waals surface area contributed by atoms with E-state index in [0.717, 1.165) is 33.4 Å². The van der Waals surface area contributed by atoms with Gasteiger partial charge in [0.25, 0.3) is 11.1 Å². The molecular formula is C23H22N2O6S. The van der Waals surface area contributed by atoms with Crippen LogP contribution >= 0.6 is 11.8 Å². The highest BCUT2D eigenvalue weighted by molar-refractivity contribution is 8.18.